The fraction of sp³-hybridized carbons (Fsp3) is 0.240. The molecule has 1 N–H and O–H groups in total. The van der Waals surface area contributed by atoms with Crippen LogP contribution in [0.2, 0.25) is 0 Å². The first kappa shape index (κ1) is 24.0. The number of nitrogens with one attached hydrogen (secondary N) is 1. The van der Waals surface area contributed by atoms with Gasteiger partial charge in [0.05, 0.1) is 17.8 Å². The third kappa shape index (κ3) is 7.18. The van der Waals surface area contributed by atoms with E-state index in [4.69, 9.17) is 9.47 Å². The minimum Gasteiger partial charge on any atom is -0.497 e. The molecule has 33 heavy (non-hydrogen) atoms. The van der Waals surface area contributed by atoms with Crippen molar-refractivity contribution < 1.29 is 19.1 Å². The van der Waals surface area contributed by atoms with Crippen LogP contribution in [0.3, 0.4) is 0 Å². The van der Waals surface area contributed by atoms with E-state index in [2.05, 4.69) is 10.3 Å². The second-order valence-electron chi connectivity index (χ2n) is 7.15. The molecule has 0 saturated carbocycles. The van der Waals surface area contributed by atoms with Gasteiger partial charge in [-0.2, -0.15) is 0 Å². The molecule has 0 spiro atoms. The van der Waals surface area contributed by atoms with Crippen molar-refractivity contribution in [3.8, 4) is 11.5 Å². The zero-order valence-corrected chi connectivity index (χ0v) is 19.7. The molecule has 172 valence electrons. The van der Waals surface area contributed by atoms with Crippen LogP contribution in [0, 0.1) is 6.92 Å². The van der Waals surface area contributed by atoms with Crippen LogP contribution in [0.25, 0.3) is 6.08 Å². The Kier molecular flexibility index (Phi) is 8.60. The van der Waals surface area contributed by atoms with Gasteiger partial charge in [0.2, 0.25) is 11.8 Å². The second kappa shape index (κ2) is 11.8. The quantitative estimate of drug-likeness (QED) is 0.445. The third-order valence-corrected chi connectivity index (χ3v) is 5.57. The minimum absolute atomic E-state index is 0.0573. The molecule has 8 heteroatoms. The summed E-state index contributed by atoms with van der Waals surface area (Å²) in [6, 6.07) is 14.5. The first-order chi connectivity index (χ1) is 16.0. The van der Waals surface area contributed by atoms with Crippen LogP contribution in [0.1, 0.15) is 23.2 Å². The van der Waals surface area contributed by atoms with E-state index in [1.165, 1.54) is 11.0 Å². The Morgan fingerprint density at radius 1 is 1.18 bits per heavy atom. The Morgan fingerprint density at radius 2 is 2.00 bits per heavy atom. The van der Waals surface area contributed by atoms with E-state index < -0.39 is 0 Å². The van der Waals surface area contributed by atoms with Crippen molar-refractivity contribution in [2.75, 3.05) is 25.5 Å². The molecule has 0 bridgehead atoms. The van der Waals surface area contributed by atoms with Gasteiger partial charge in [0.15, 0.2) is 0 Å². The van der Waals surface area contributed by atoms with Crippen molar-refractivity contribution in [2.45, 2.75) is 20.5 Å². The van der Waals surface area contributed by atoms with Gasteiger partial charge >= 0.3 is 0 Å². The van der Waals surface area contributed by atoms with Crippen LogP contribution >= 0.6 is 11.3 Å². The Hall–Kier alpha value is -3.65. The summed E-state index contributed by atoms with van der Waals surface area (Å²) < 4.78 is 11.1. The lowest BCUT2D eigenvalue weighted by Gasteiger charge is -2.19. The summed E-state index contributed by atoms with van der Waals surface area (Å²) in [5.74, 6) is 0.758. The molecule has 3 rings (SSSR count). The highest BCUT2D eigenvalue weighted by molar-refractivity contribution is 7.09. The van der Waals surface area contributed by atoms with E-state index in [-0.39, 0.29) is 18.4 Å². The summed E-state index contributed by atoms with van der Waals surface area (Å²) in [4.78, 5) is 31.0. The number of carbonyl (C=O) groups excluding carboxylic acids is 2. The van der Waals surface area contributed by atoms with Crippen molar-refractivity contribution in [1.82, 2.24) is 9.88 Å². The number of aryl methyl sites for hydroxylation is 1. The SMILES string of the molecule is CCN(CC(=O)Nc1cccc(OC)c1)C(=O)/C=C/c1ccccc1OCc1csc(C)n1. The van der Waals surface area contributed by atoms with Crippen LogP contribution < -0.4 is 14.8 Å². The molecule has 3 aromatic rings. The number of para-hydroxylation sites is 1. The Morgan fingerprint density at radius 3 is 2.73 bits per heavy atom. The molecule has 0 radical (unpaired) electrons. The summed E-state index contributed by atoms with van der Waals surface area (Å²) in [7, 11) is 1.56. The van der Waals surface area contributed by atoms with E-state index in [1.807, 2.05) is 43.5 Å². The van der Waals surface area contributed by atoms with Crippen LogP contribution in [-0.2, 0) is 16.2 Å². The predicted molar refractivity (Wildman–Crippen MR) is 131 cm³/mol. The van der Waals surface area contributed by atoms with Crippen LogP contribution in [-0.4, -0.2) is 41.9 Å². The molecule has 7 nitrogen and oxygen atoms in total. The minimum atomic E-state index is -0.283. The number of amides is 2. The van der Waals surface area contributed by atoms with Gasteiger partial charge in [-0.3, -0.25) is 9.59 Å². The monoisotopic (exact) mass is 465 g/mol. The summed E-state index contributed by atoms with van der Waals surface area (Å²) >= 11 is 1.58. The summed E-state index contributed by atoms with van der Waals surface area (Å²) in [5, 5.41) is 5.74. The van der Waals surface area contributed by atoms with Crippen LogP contribution in [0.15, 0.2) is 60.0 Å². The van der Waals surface area contributed by atoms with Gasteiger partial charge < -0.3 is 19.7 Å². The molecule has 0 atom stereocenters. The van der Waals surface area contributed by atoms with E-state index in [1.54, 1.807) is 48.8 Å². The van der Waals surface area contributed by atoms with Gasteiger partial charge in [0.1, 0.15) is 24.7 Å². The molecule has 0 aliphatic carbocycles. The van der Waals surface area contributed by atoms with Gasteiger partial charge in [0, 0.05) is 35.3 Å². The number of hydrogen-bond acceptors (Lipinski definition) is 6. The summed E-state index contributed by atoms with van der Waals surface area (Å²) in [5.41, 5.74) is 2.25. The molecule has 2 amide bonds. The van der Waals surface area contributed by atoms with Gasteiger partial charge in [-0.15, -0.1) is 11.3 Å². The van der Waals surface area contributed by atoms with Crippen LogP contribution in [0.5, 0.6) is 11.5 Å². The Bertz CT molecular complexity index is 1130. The highest BCUT2D eigenvalue weighted by Gasteiger charge is 2.14. The van der Waals surface area contributed by atoms with Crippen molar-refractivity contribution in [1.29, 1.82) is 0 Å². The average Bonchev–Trinajstić information content (AvgIpc) is 3.25. The lowest BCUT2D eigenvalue weighted by molar-refractivity contribution is -0.130. The second-order valence-corrected chi connectivity index (χ2v) is 8.21. The fourth-order valence-electron chi connectivity index (χ4n) is 3.06. The number of benzene rings is 2. The number of methoxy groups -OCH3 is 1. The van der Waals surface area contributed by atoms with E-state index in [0.29, 0.717) is 30.3 Å². The van der Waals surface area contributed by atoms with Gasteiger partial charge in [-0.1, -0.05) is 24.3 Å². The number of rotatable bonds is 10. The smallest absolute Gasteiger partial charge is 0.247 e. The average molecular weight is 466 g/mol. The standard InChI is InChI=1S/C25H27N3O4S/c1-4-28(15-24(29)27-20-9-7-10-22(14-20)31-3)25(30)13-12-19-8-5-6-11-23(19)32-16-21-17-33-18(2)26-21/h5-14,17H,4,15-16H2,1-3H3,(H,27,29)/b13-12+. The van der Waals surface area contributed by atoms with E-state index in [0.717, 1.165) is 16.3 Å². The lowest BCUT2D eigenvalue weighted by Crippen LogP contribution is -2.36. The Labute approximate surface area is 197 Å². The number of aromatic nitrogens is 1. The molecule has 0 fully saturated rings. The molecule has 0 aliphatic heterocycles. The number of anilines is 1. The molecule has 0 unspecified atom stereocenters. The Balaban J connectivity index is 1.60. The van der Waals surface area contributed by atoms with Crippen molar-refractivity contribution in [3.63, 3.8) is 0 Å². The van der Waals surface area contributed by atoms with E-state index >= 15 is 0 Å². The first-order valence-corrected chi connectivity index (χ1v) is 11.4. The number of hydrogen-bond donors (Lipinski definition) is 1. The van der Waals surface area contributed by atoms with Crippen LogP contribution in [0.4, 0.5) is 5.69 Å². The summed E-state index contributed by atoms with van der Waals surface area (Å²) in [6.45, 7) is 4.48. The number of thiazole rings is 1. The number of likely N-dealkylation sites (N-methyl/N-ethyl adjacent to an activating group) is 1. The van der Waals surface area contributed by atoms with Crippen molar-refractivity contribution in [2.24, 2.45) is 0 Å². The largest absolute Gasteiger partial charge is 0.497 e. The molecule has 1 heterocycles. The van der Waals surface area contributed by atoms with E-state index in [9.17, 15) is 9.59 Å². The number of nitrogens with zero attached hydrogens (tertiary/aromatic N) is 2. The number of ether oxygens (including phenoxy) is 2. The van der Waals surface area contributed by atoms with Crippen molar-refractivity contribution in [3.05, 3.63) is 76.3 Å². The van der Waals surface area contributed by atoms with Crippen molar-refractivity contribution >= 4 is 34.9 Å². The zero-order chi connectivity index (χ0) is 23.6. The third-order valence-electron chi connectivity index (χ3n) is 4.75. The van der Waals surface area contributed by atoms with Gasteiger partial charge in [0.25, 0.3) is 0 Å². The first-order valence-electron chi connectivity index (χ1n) is 10.5. The molecule has 2 aromatic carbocycles. The molecule has 1 aromatic heterocycles. The maximum atomic E-state index is 12.7. The highest BCUT2D eigenvalue weighted by Crippen LogP contribution is 2.21. The molecular formula is C25H27N3O4S. The highest BCUT2D eigenvalue weighted by atomic mass is 32.1. The molecular weight excluding hydrogens is 438 g/mol. The predicted octanol–water partition coefficient (Wildman–Crippen LogP) is 4.54. The van der Waals surface area contributed by atoms with Gasteiger partial charge in [-0.25, -0.2) is 4.98 Å². The fourth-order valence-corrected chi connectivity index (χ4v) is 3.66. The number of carbonyl (C=O) groups is 2. The summed E-state index contributed by atoms with van der Waals surface area (Å²) in [6.07, 6.45) is 3.16. The maximum absolute atomic E-state index is 12.7. The lowest BCUT2D eigenvalue weighted by atomic mass is 10.2. The molecule has 0 saturated heterocycles. The zero-order valence-electron chi connectivity index (χ0n) is 18.9. The maximum Gasteiger partial charge on any atom is 0.247 e. The normalized spacial score (nSPS) is 10.8. The molecule has 0 aliphatic rings. The topological polar surface area (TPSA) is 80.8 Å². The van der Waals surface area contributed by atoms with Gasteiger partial charge in [-0.05, 0) is 38.1 Å².